The molecule has 2 nitrogen and oxygen atoms in total. The molecule has 43 heavy (non-hydrogen) atoms. The first-order valence-corrected chi connectivity index (χ1v) is 19.1. The Balaban J connectivity index is 0.000000188. The van der Waals surface area contributed by atoms with Crippen molar-refractivity contribution in [3.05, 3.63) is 115 Å². The van der Waals surface area contributed by atoms with Gasteiger partial charge in [0.2, 0.25) is 0 Å². The summed E-state index contributed by atoms with van der Waals surface area (Å²) >= 11 is 1.61. The van der Waals surface area contributed by atoms with Crippen LogP contribution in [0.5, 0.6) is 0 Å². The quantitative estimate of drug-likeness (QED) is 0.129. The van der Waals surface area contributed by atoms with Gasteiger partial charge in [-0.25, -0.2) is 4.39 Å². The molecule has 1 aliphatic rings. The van der Waals surface area contributed by atoms with Crippen LogP contribution in [0.2, 0.25) is 19.6 Å². The summed E-state index contributed by atoms with van der Waals surface area (Å²) in [6.45, 7) is 7.00. The number of nitrogens with zero attached hydrogens (tertiary/aromatic N) is 2. The number of halogens is 1. The SMILES string of the molecule is C[Si](C)(C)c1ccc(-c2[c-]cccc2)nc1.Fc1ccc2c(c1)sc1c[c-]c(-c3cc(CC4CCCC4)ccn3)cc12.[Ir]. The summed E-state index contributed by atoms with van der Waals surface area (Å²) in [6, 6.07) is 32.3. The molecule has 1 saturated carbocycles. The number of fused-ring (bicyclic) bond motifs is 3. The number of rotatable bonds is 5. The van der Waals surface area contributed by atoms with E-state index >= 15 is 0 Å². The predicted molar refractivity (Wildman–Crippen MR) is 179 cm³/mol. The van der Waals surface area contributed by atoms with Crippen molar-refractivity contribution < 1.29 is 24.5 Å². The molecule has 0 N–H and O–H groups in total. The Morgan fingerprint density at radius 2 is 1.67 bits per heavy atom. The van der Waals surface area contributed by atoms with Crippen LogP contribution in [0.15, 0.2) is 91.3 Å². The molecule has 0 atom stereocenters. The zero-order chi connectivity index (χ0) is 29.1. The minimum absolute atomic E-state index is 0. The number of hydrogen-bond donors (Lipinski definition) is 0. The molecule has 221 valence electrons. The first-order valence-electron chi connectivity index (χ1n) is 14.8. The van der Waals surface area contributed by atoms with Crippen molar-refractivity contribution in [3.8, 4) is 22.5 Å². The molecule has 1 fully saturated rings. The van der Waals surface area contributed by atoms with E-state index in [1.165, 1.54) is 42.5 Å². The van der Waals surface area contributed by atoms with E-state index in [0.29, 0.717) is 0 Å². The molecule has 0 amide bonds. The maximum Gasteiger partial charge on any atom is 0.124 e. The summed E-state index contributed by atoms with van der Waals surface area (Å²) in [7, 11) is -1.23. The molecule has 6 aromatic rings. The summed E-state index contributed by atoms with van der Waals surface area (Å²) in [5.41, 5.74) is 5.42. The van der Waals surface area contributed by atoms with E-state index in [4.69, 9.17) is 0 Å². The molecule has 3 aromatic heterocycles. The second-order valence-corrected chi connectivity index (χ2v) is 18.4. The fourth-order valence-electron chi connectivity index (χ4n) is 5.69. The first kappa shape index (κ1) is 31.4. The average molecular weight is 779 g/mol. The van der Waals surface area contributed by atoms with Gasteiger partial charge in [0.25, 0.3) is 0 Å². The summed E-state index contributed by atoms with van der Waals surface area (Å²) < 4.78 is 15.6. The van der Waals surface area contributed by atoms with Gasteiger partial charge in [-0.3, -0.25) is 0 Å². The van der Waals surface area contributed by atoms with Crippen LogP contribution in [-0.4, -0.2) is 18.0 Å². The third-order valence-electron chi connectivity index (χ3n) is 8.08. The van der Waals surface area contributed by atoms with Crippen LogP contribution in [-0.2, 0) is 26.5 Å². The molecule has 0 spiro atoms. The predicted octanol–water partition coefficient (Wildman–Crippen LogP) is 9.88. The fraction of sp³-hybridized carbons (Fsp3) is 0.243. The second kappa shape index (κ2) is 13.7. The molecule has 6 heteroatoms. The van der Waals surface area contributed by atoms with E-state index < -0.39 is 8.07 Å². The third-order valence-corrected chi connectivity index (χ3v) is 11.2. The summed E-state index contributed by atoms with van der Waals surface area (Å²) in [5, 5.41) is 3.65. The molecular weight excluding hydrogens is 744 g/mol. The number of thiophene rings is 1. The van der Waals surface area contributed by atoms with E-state index in [2.05, 4.69) is 72.1 Å². The van der Waals surface area contributed by atoms with Gasteiger partial charge in [-0.1, -0.05) is 80.5 Å². The molecule has 3 aromatic carbocycles. The molecule has 1 aliphatic carbocycles. The van der Waals surface area contributed by atoms with Crippen LogP contribution in [0.3, 0.4) is 0 Å². The Kier molecular flexibility index (Phi) is 10.0. The zero-order valence-corrected chi connectivity index (χ0v) is 29.0. The van der Waals surface area contributed by atoms with Crippen molar-refractivity contribution >= 4 is 44.8 Å². The van der Waals surface area contributed by atoms with Crippen molar-refractivity contribution in [2.45, 2.75) is 51.7 Å². The van der Waals surface area contributed by atoms with Gasteiger partial charge in [0, 0.05) is 37.2 Å². The number of benzene rings is 3. The van der Waals surface area contributed by atoms with Crippen molar-refractivity contribution in [1.82, 2.24) is 9.97 Å². The Morgan fingerprint density at radius 1 is 0.837 bits per heavy atom. The van der Waals surface area contributed by atoms with E-state index in [-0.39, 0.29) is 25.9 Å². The van der Waals surface area contributed by atoms with Gasteiger partial charge in [0.15, 0.2) is 0 Å². The molecule has 3 heterocycles. The molecule has 0 unspecified atom stereocenters. The van der Waals surface area contributed by atoms with Crippen molar-refractivity contribution in [3.63, 3.8) is 0 Å². The topological polar surface area (TPSA) is 25.8 Å². The maximum absolute atomic E-state index is 13.5. The molecule has 0 bridgehead atoms. The number of aromatic nitrogens is 2. The summed E-state index contributed by atoms with van der Waals surface area (Å²) in [5.74, 6) is 0.641. The molecule has 0 saturated heterocycles. The molecular formula is C37H35FIrN2SSi-2. The van der Waals surface area contributed by atoms with Gasteiger partial charge >= 0.3 is 0 Å². The molecule has 0 aliphatic heterocycles. The Morgan fingerprint density at radius 3 is 2.40 bits per heavy atom. The third kappa shape index (κ3) is 7.56. The maximum atomic E-state index is 13.5. The average Bonchev–Trinajstić information content (AvgIpc) is 3.64. The Hall–Kier alpha value is -3.02. The van der Waals surface area contributed by atoms with Gasteiger partial charge in [-0.05, 0) is 57.2 Å². The molecule has 7 rings (SSSR count). The zero-order valence-electron chi connectivity index (χ0n) is 24.8. The smallest absolute Gasteiger partial charge is 0.124 e. The Bertz CT molecular complexity index is 1810. The first-order chi connectivity index (χ1) is 20.3. The Labute approximate surface area is 272 Å². The standard InChI is InChI=1S/C23H19FNS.C14H16NSi.Ir/c24-18-6-7-19-20-13-17(5-8-22(20)26-23(19)14-18)21-12-16(9-10-25-21)11-15-3-1-2-4-15;1-16(2,3)13-9-10-14(15-11-13)12-7-5-4-6-8-12;/h6-10,12-15H,1-4,11H2;4-7,9-11H,1-3H3;/q2*-1;. The van der Waals surface area contributed by atoms with Gasteiger partial charge < -0.3 is 9.97 Å². The van der Waals surface area contributed by atoms with Crippen LogP contribution in [0.25, 0.3) is 42.7 Å². The minimum Gasteiger partial charge on any atom is -0.305 e. The van der Waals surface area contributed by atoms with Gasteiger partial charge in [0.1, 0.15) is 5.82 Å². The second-order valence-electron chi connectivity index (χ2n) is 12.2. The van der Waals surface area contributed by atoms with E-state index in [9.17, 15) is 4.39 Å². The van der Waals surface area contributed by atoms with E-state index in [1.807, 2.05) is 48.8 Å². The molecule has 1 radical (unpaired) electrons. The largest absolute Gasteiger partial charge is 0.305 e. The monoisotopic (exact) mass is 779 g/mol. The number of hydrogen-bond acceptors (Lipinski definition) is 3. The van der Waals surface area contributed by atoms with E-state index in [0.717, 1.165) is 55.0 Å². The minimum atomic E-state index is -1.23. The van der Waals surface area contributed by atoms with Crippen molar-refractivity contribution in [2.75, 3.05) is 0 Å². The summed E-state index contributed by atoms with van der Waals surface area (Å²) in [4.78, 5) is 9.10. The van der Waals surface area contributed by atoms with Crippen molar-refractivity contribution in [2.24, 2.45) is 5.92 Å². The number of pyridine rings is 2. The van der Waals surface area contributed by atoms with E-state index in [1.54, 1.807) is 17.4 Å². The van der Waals surface area contributed by atoms with Gasteiger partial charge in [0.05, 0.1) is 8.07 Å². The van der Waals surface area contributed by atoms with Crippen LogP contribution in [0.4, 0.5) is 4.39 Å². The van der Waals surface area contributed by atoms with Crippen LogP contribution in [0, 0.1) is 23.9 Å². The fourth-order valence-corrected chi connectivity index (χ4v) is 7.82. The van der Waals surface area contributed by atoms with Crippen LogP contribution >= 0.6 is 11.3 Å². The summed E-state index contributed by atoms with van der Waals surface area (Å²) in [6.07, 6.45) is 10.5. The van der Waals surface area contributed by atoms with Crippen LogP contribution in [0.1, 0.15) is 31.2 Å². The van der Waals surface area contributed by atoms with Crippen LogP contribution < -0.4 is 5.19 Å². The van der Waals surface area contributed by atoms with Crippen molar-refractivity contribution in [1.29, 1.82) is 0 Å². The van der Waals surface area contributed by atoms with Gasteiger partial charge in [-0.2, -0.15) is 11.3 Å². The normalized spacial score (nSPS) is 13.5. The van der Waals surface area contributed by atoms with Gasteiger partial charge in [-0.15, -0.1) is 59.7 Å².